The van der Waals surface area contributed by atoms with Gasteiger partial charge in [0.1, 0.15) is 0 Å². The lowest BCUT2D eigenvalue weighted by Crippen LogP contribution is -2.53. The summed E-state index contributed by atoms with van der Waals surface area (Å²) in [5, 5.41) is 0. The highest BCUT2D eigenvalue weighted by Crippen LogP contribution is 2.27. The first-order valence-corrected chi connectivity index (χ1v) is 7.90. The molecule has 2 amide bonds. The highest BCUT2D eigenvalue weighted by atomic mass is 16.2. The Kier molecular flexibility index (Phi) is 5.40. The number of nitrogens with zero attached hydrogens (tertiary/aromatic N) is 2. The molecule has 0 aromatic rings. The Morgan fingerprint density at radius 2 is 1.60 bits per heavy atom. The fourth-order valence-corrected chi connectivity index (χ4v) is 3.23. The molecule has 2 rings (SSSR count). The lowest BCUT2D eigenvalue weighted by Gasteiger charge is -2.36. The Bertz CT molecular complexity index is 343. The number of rotatable bonds is 3. The van der Waals surface area contributed by atoms with E-state index in [1.807, 2.05) is 4.90 Å². The molecule has 1 heterocycles. The lowest BCUT2D eigenvalue weighted by atomic mass is 9.86. The van der Waals surface area contributed by atoms with Crippen LogP contribution in [0.2, 0.25) is 0 Å². The smallest absolute Gasteiger partial charge is 0.239 e. The van der Waals surface area contributed by atoms with Crippen molar-refractivity contribution in [1.82, 2.24) is 9.80 Å². The molecule has 5 heteroatoms. The Morgan fingerprint density at radius 3 is 2.15 bits per heavy atom. The van der Waals surface area contributed by atoms with E-state index in [2.05, 4.69) is 0 Å². The van der Waals surface area contributed by atoms with Gasteiger partial charge in [-0.2, -0.15) is 0 Å². The summed E-state index contributed by atoms with van der Waals surface area (Å²) >= 11 is 0. The van der Waals surface area contributed by atoms with Gasteiger partial charge in [-0.3, -0.25) is 9.59 Å². The summed E-state index contributed by atoms with van der Waals surface area (Å²) < 4.78 is 0. The molecule has 0 bridgehead atoms. The van der Waals surface area contributed by atoms with Crippen molar-refractivity contribution in [2.75, 3.05) is 26.2 Å². The number of carbonyl (C=O) groups excluding carboxylic acids is 2. The maximum atomic E-state index is 12.3. The summed E-state index contributed by atoms with van der Waals surface area (Å²) in [6.45, 7) is 4.27. The molecule has 1 aliphatic heterocycles. The quantitative estimate of drug-likeness (QED) is 0.838. The molecule has 0 spiro atoms. The molecule has 20 heavy (non-hydrogen) atoms. The third-order valence-corrected chi connectivity index (χ3v) is 4.52. The van der Waals surface area contributed by atoms with Crippen LogP contribution in [-0.4, -0.2) is 53.8 Å². The van der Waals surface area contributed by atoms with Gasteiger partial charge in [0.15, 0.2) is 0 Å². The van der Waals surface area contributed by atoms with Gasteiger partial charge in [0, 0.05) is 32.6 Å². The molecule has 2 aliphatic rings. The fraction of sp³-hybridized carbons (Fsp3) is 0.867. The number of amides is 2. The lowest BCUT2D eigenvalue weighted by molar-refractivity contribution is -0.140. The van der Waals surface area contributed by atoms with E-state index in [1.165, 1.54) is 32.1 Å². The van der Waals surface area contributed by atoms with E-state index in [4.69, 9.17) is 5.73 Å². The first kappa shape index (κ1) is 15.3. The van der Waals surface area contributed by atoms with Gasteiger partial charge in [-0.25, -0.2) is 0 Å². The van der Waals surface area contributed by atoms with E-state index in [0.717, 1.165) is 0 Å². The number of nitrogens with two attached hydrogens (primary N) is 1. The number of hydrogen-bond donors (Lipinski definition) is 1. The van der Waals surface area contributed by atoms with E-state index in [-0.39, 0.29) is 11.8 Å². The summed E-state index contributed by atoms with van der Waals surface area (Å²) in [6.07, 6.45) is 6.97. The molecular formula is C15H27N3O2. The van der Waals surface area contributed by atoms with Crippen molar-refractivity contribution < 1.29 is 9.59 Å². The van der Waals surface area contributed by atoms with Gasteiger partial charge < -0.3 is 15.5 Å². The molecule has 5 nitrogen and oxygen atoms in total. The van der Waals surface area contributed by atoms with E-state index in [1.54, 1.807) is 11.8 Å². The van der Waals surface area contributed by atoms with Gasteiger partial charge in [0.25, 0.3) is 0 Å². The largest absolute Gasteiger partial charge is 0.339 e. The van der Waals surface area contributed by atoms with Crippen LogP contribution in [0.3, 0.4) is 0 Å². The number of carbonyl (C=O) groups is 2. The predicted molar refractivity (Wildman–Crippen MR) is 78.0 cm³/mol. The summed E-state index contributed by atoms with van der Waals surface area (Å²) in [6, 6.07) is -0.445. The van der Waals surface area contributed by atoms with E-state index in [0.29, 0.717) is 38.5 Å². The topological polar surface area (TPSA) is 66.6 Å². The van der Waals surface area contributed by atoms with Crippen molar-refractivity contribution in [2.24, 2.45) is 11.7 Å². The van der Waals surface area contributed by atoms with Crippen molar-refractivity contribution in [1.29, 1.82) is 0 Å². The first-order chi connectivity index (χ1) is 9.58. The number of hydrogen-bond acceptors (Lipinski definition) is 3. The van der Waals surface area contributed by atoms with Crippen LogP contribution in [0.4, 0.5) is 0 Å². The third-order valence-electron chi connectivity index (χ3n) is 4.52. The molecule has 1 atom stereocenters. The average Bonchev–Trinajstić information content (AvgIpc) is 2.47. The van der Waals surface area contributed by atoms with Gasteiger partial charge in [0.2, 0.25) is 11.8 Å². The molecule has 0 aromatic carbocycles. The van der Waals surface area contributed by atoms with Crippen LogP contribution in [0.1, 0.15) is 45.4 Å². The van der Waals surface area contributed by atoms with Crippen molar-refractivity contribution >= 4 is 11.8 Å². The van der Waals surface area contributed by atoms with Crippen LogP contribution < -0.4 is 5.73 Å². The minimum absolute atomic E-state index is 0.00983. The summed E-state index contributed by atoms with van der Waals surface area (Å²) in [4.78, 5) is 27.8. The highest BCUT2D eigenvalue weighted by Gasteiger charge is 2.27. The second kappa shape index (κ2) is 7.07. The predicted octanol–water partition coefficient (Wildman–Crippen LogP) is 0.975. The van der Waals surface area contributed by atoms with Gasteiger partial charge in [-0.05, 0) is 25.7 Å². The van der Waals surface area contributed by atoms with Crippen LogP contribution >= 0.6 is 0 Å². The Labute approximate surface area is 121 Å². The van der Waals surface area contributed by atoms with Gasteiger partial charge >= 0.3 is 0 Å². The van der Waals surface area contributed by atoms with Crippen molar-refractivity contribution in [2.45, 2.75) is 51.5 Å². The van der Waals surface area contributed by atoms with Gasteiger partial charge in [-0.15, -0.1) is 0 Å². The molecule has 0 unspecified atom stereocenters. The van der Waals surface area contributed by atoms with Gasteiger partial charge in [0.05, 0.1) is 6.04 Å². The molecule has 1 saturated carbocycles. The zero-order chi connectivity index (χ0) is 14.5. The van der Waals surface area contributed by atoms with Crippen LogP contribution in [0.15, 0.2) is 0 Å². The Morgan fingerprint density at radius 1 is 1.05 bits per heavy atom. The maximum absolute atomic E-state index is 12.3. The molecule has 2 N–H and O–H groups in total. The Hall–Kier alpha value is -1.10. The minimum Gasteiger partial charge on any atom is -0.339 e. The molecular weight excluding hydrogens is 254 g/mol. The van der Waals surface area contributed by atoms with Crippen molar-refractivity contribution in [3.63, 3.8) is 0 Å². The molecule has 2 fully saturated rings. The second-order valence-corrected chi connectivity index (χ2v) is 6.20. The SMILES string of the molecule is C[C@@H](N)C(=O)N1CCN(C(=O)CC2CCCCC2)CC1. The second-order valence-electron chi connectivity index (χ2n) is 6.20. The minimum atomic E-state index is -0.445. The zero-order valence-corrected chi connectivity index (χ0v) is 12.5. The summed E-state index contributed by atoms with van der Waals surface area (Å²) in [5.74, 6) is 0.842. The summed E-state index contributed by atoms with van der Waals surface area (Å²) in [7, 11) is 0. The highest BCUT2D eigenvalue weighted by molar-refractivity contribution is 5.82. The monoisotopic (exact) mass is 281 g/mol. The zero-order valence-electron chi connectivity index (χ0n) is 12.5. The Balaban J connectivity index is 1.75. The van der Waals surface area contributed by atoms with Crippen molar-refractivity contribution in [3.8, 4) is 0 Å². The number of piperazine rings is 1. The van der Waals surface area contributed by atoms with Crippen molar-refractivity contribution in [3.05, 3.63) is 0 Å². The van der Waals surface area contributed by atoms with Crippen LogP contribution in [0.5, 0.6) is 0 Å². The molecule has 0 radical (unpaired) electrons. The third kappa shape index (κ3) is 3.95. The van der Waals surface area contributed by atoms with Crippen LogP contribution in [0.25, 0.3) is 0 Å². The first-order valence-electron chi connectivity index (χ1n) is 7.90. The summed E-state index contributed by atoms with van der Waals surface area (Å²) in [5.41, 5.74) is 5.61. The molecule has 114 valence electrons. The van der Waals surface area contributed by atoms with E-state index >= 15 is 0 Å². The van der Waals surface area contributed by atoms with Crippen LogP contribution in [-0.2, 0) is 9.59 Å². The molecule has 1 aliphatic carbocycles. The molecule has 1 saturated heterocycles. The van der Waals surface area contributed by atoms with Crippen LogP contribution in [0, 0.1) is 5.92 Å². The van der Waals surface area contributed by atoms with Gasteiger partial charge in [-0.1, -0.05) is 19.3 Å². The normalized spacial score (nSPS) is 22.7. The fourth-order valence-electron chi connectivity index (χ4n) is 3.23. The van der Waals surface area contributed by atoms with E-state index in [9.17, 15) is 9.59 Å². The average molecular weight is 281 g/mol. The molecule has 0 aromatic heterocycles. The van der Waals surface area contributed by atoms with E-state index < -0.39 is 6.04 Å². The maximum Gasteiger partial charge on any atom is 0.239 e. The standard InChI is InChI=1S/C15H27N3O2/c1-12(16)15(20)18-9-7-17(8-10-18)14(19)11-13-5-3-2-4-6-13/h12-13H,2-11,16H2,1H3/t12-/m1/s1.